The topological polar surface area (TPSA) is 37.3 Å². The lowest BCUT2D eigenvalue weighted by Crippen LogP contribution is -2.47. The number of carbonyl (C=O) groups excluding carboxylic acids is 1. The van der Waals surface area contributed by atoms with E-state index in [1.165, 1.54) is 38.5 Å². The van der Waals surface area contributed by atoms with Crippen LogP contribution in [-0.2, 0) is 4.79 Å². The van der Waals surface area contributed by atoms with Gasteiger partial charge in [-0.3, -0.25) is 4.79 Å². The molecule has 2 heteroatoms. The van der Waals surface area contributed by atoms with Gasteiger partial charge in [0.05, 0.1) is 0 Å². The Labute approximate surface area is 123 Å². The van der Waals surface area contributed by atoms with Crippen LogP contribution in [0.1, 0.15) is 65.2 Å². The van der Waals surface area contributed by atoms with Gasteiger partial charge in [0, 0.05) is 18.9 Å². The maximum Gasteiger partial charge on any atom is 0.135 e. The molecule has 0 radical (unpaired) electrons. The Balaban J connectivity index is 1.82. The number of hydrogen-bond acceptors (Lipinski definition) is 2. The van der Waals surface area contributed by atoms with Gasteiger partial charge in [0.25, 0.3) is 0 Å². The number of aliphatic hydroxyl groups excluding tert-OH is 1. The first-order valence-electron chi connectivity index (χ1n) is 8.69. The second-order valence-corrected chi connectivity index (χ2v) is 8.12. The van der Waals surface area contributed by atoms with Crippen LogP contribution in [0.2, 0.25) is 0 Å². The fourth-order valence-corrected chi connectivity index (χ4v) is 5.64. The Morgan fingerprint density at radius 1 is 1.15 bits per heavy atom. The van der Waals surface area contributed by atoms with Crippen LogP contribution in [0.15, 0.2) is 0 Å². The van der Waals surface area contributed by atoms with Crippen molar-refractivity contribution in [2.45, 2.75) is 65.2 Å². The van der Waals surface area contributed by atoms with Gasteiger partial charge in [-0.25, -0.2) is 0 Å². The van der Waals surface area contributed by atoms with Crippen LogP contribution < -0.4 is 0 Å². The summed E-state index contributed by atoms with van der Waals surface area (Å²) in [6, 6.07) is 0. The van der Waals surface area contributed by atoms with E-state index in [-0.39, 0.29) is 11.3 Å². The minimum atomic E-state index is 0.149. The molecule has 0 amide bonds. The summed E-state index contributed by atoms with van der Waals surface area (Å²) in [5.41, 5.74) is 0.149. The van der Waals surface area contributed by atoms with E-state index in [4.69, 9.17) is 0 Å². The largest absolute Gasteiger partial charge is 0.396 e. The molecule has 0 bridgehead atoms. The Bertz CT molecular complexity index is 378. The van der Waals surface area contributed by atoms with Gasteiger partial charge in [0.1, 0.15) is 5.78 Å². The van der Waals surface area contributed by atoms with E-state index >= 15 is 0 Å². The van der Waals surface area contributed by atoms with Crippen LogP contribution in [0.4, 0.5) is 0 Å². The molecule has 0 saturated heterocycles. The molecule has 0 aliphatic heterocycles. The average Bonchev–Trinajstić information content (AvgIpc) is 2.59. The van der Waals surface area contributed by atoms with Crippen molar-refractivity contribution in [1.29, 1.82) is 0 Å². The van der Waals surface area contributed by atoms with E-state index in [2.05, 4.69) is 13.8 Å². The zero-order valence-corrected chi connectivity index (χ0v) is 13.1. The average molecular weight is 278 g/mol. The van der Waals surface area contributed by atoms with Gasteiger partial charge < -0.3 is 5.11 Å². The molecule has 0 aromatic carbocycles. The fraction of sp³-hybridized carbons (Fsp3) is 0.944. The van der Waals surface area contributed by atoms with Crippen molar-refractivity contribution in [2.24, 2.45) is 35.0 Å². The smallest absolute Gasteiger partial charge is 0.135 e. The van der Waals surface area contributed by atoms with Gasteiger partial charge in [-0.05, 0) is 67.6 Å². The van der Waals surface area contributed by atoms with E-state index < -0.39 is 0 Å². The number of aliphatic hydroxyl groups is 1. The number of carbonyl (C=O) groups is 1. The third-order valence-corrected chi connectivity index (χ3v) is 7.01. The van der Waals surface area contributed by atoms with Gasteiger partial charge >= 0.3 is 0 Å². The van der Waals surface area contributed by atoms with E-state index in [0.29, 0.717) is 24.2 Å². The predicted molar refractivity (Wildman–Crippen MR) is 80.3 cm³/mol. The summed E-state index contributed by atoms with van der Waals surface area (Å²) in [6.45, 7) is 4.77. The van der Waals surface area contributed by atoms with Gasteiger partial charge in [-0.15, -0.1) is 0 Å². The predicted octanol–water partition coefficient (Wildman–Crippen LogP) is 3.82. The van der Waals surface area contributed by atoms with Crippen LogP contribution in [-0.4, -0.2) is 17.5 Å². The molecule has 2 nitrogen and oxygen atoms in total. The van der Waals surface area contributed by atoms with Crippen LogP contribution in [0.3, 0.4) is 0 Å². The third-order valence-electron chi connectivity index (χ3n) is 7.01. The van der Waals surface area contributed by atoms with Gasteiger partial charge in [0.2, 0.25) is 0 Å². The first kappa shape index (κ1) is 14.6. The zero-order chi connectivity index (χ0) is 14.3. The van der Waals surface area contributed by atoms with Crippen LogP contribution in [0, 0.1) is 35.0 Å². The summed E-state index contributed by atoms with van der Waals surface area (Å²) in [6.07, 6.45) is 9.45. The first-order chi connectivity index (χ1) is 9.55. The maximum absolute atomic E-state index is 12.2. The van der Waals surface area contributed by atoms with E-state index in [9.17, 15) is 9.90 Å². The molecule has 0 spiro atoms. The van der Waals surface area contributed by atoms with Crippen molar-refractivity contribution in [3.05, 3.63) is 0 Å². The molecule has 6 atom stereocenters. The van der Waals surface area contributed by atoms with E-state index in [1.807, 2.05) is 0 Å². The highest BCUT2D eigenvalue weighted by Crippen LogP contribution is 2.56. The molecule has 0 heterocycles. The molecule has 0 aromatic heterocycles. The summed E-state index contributed by atoms with van der Waals surface area (Å²) in [7, 11) is 0. The lowest BCUT2D eigenvalue weighted by Gasteiger charge is -2.53. The molecule has 3 aliphatic rings. The summed E-state index contributed by atoms with van der Waals surface area (Å²) < 4.78 is 0. The standard InChI is InChI=1S/C18H30O2/c1-12-5-7-14-13(10-17(12)20)6-8-16-15(14)4-3-9-18(16,2)11-19/h12-16,19H,3-11H2,1-2H3/t12-,13?,14?,15?,16?,18+/m1/s1. The second kappa shape index (κ2) is 5.44. The van der Waals surface area contributed by atoms with Crippen molar-refractivity contribution >= 4 is 5.78 Å². The zero-order valence-electron chi connectivity index (χ0n) is 13.1. The molecule has 3 saturated carbocycles. The molecule has 20 heavy (non-hydrogen) atoms. The number of ketones is 1. The molecule has 4 unspecified atom stereocenters. The first-order valence-corrected chi connectivity index (χ1v) is 8.69. The van der Waals surface area contributed by atoms with E-state index in [0.717, 1.165) is 24.7 Å². The molecule has 3 rings (SSSR count). The molecular formula is C18H30O2. The highest BCUT2D eigenvalue weighted by molar-refractivity contribution is 5.81. The lowest BCUT2D eigenvalue weighted by atomic mass is 9.52. The van der Waals surface area contributed by atoms with Crippen LogP contribution in [0.5, 0.6) is 0 Å². The number of fused-ring (bicyclic) bond motifs is 3. The van der Waals surface area contributed by atoms with Gasteiger partial charge in [-0.2, -0.15) is 0 Å². The summed E-state index contributed by atoms with van der Waals surface area (Å²) >= 11 is 0. The molecule has 3 aliphatic carbocycles. The Morgan fingerprint density at radius 3 is 2.70 bits per heavy atom. The molecule has 0 aromatic rings. The fourth-order valence-electron chi connectivity index (χ4n) is 5.64. The van der Waals surface area contributed by atoms with E-state index in [1.54, 1.807) is 0 Å². The van der Waals surface area contributed by atoms with Gasteiger partial charge in [0.15, 0.2) is 0 Å². The highest BCUT2D eigenvalue weighted by Gasteiger charge is 2.49. The summed E-state index contributed by atoms with van der Waals surface area (Å²) in [4.78, 5) is 12.2. The normalized spacial score (nSPS) is 49.1. The van der Waals surface area contributed by atoms with Gasteiger partial charge in [-0.1, -0.05) is 20.3 Å². The molecular weight excluding hydrogens is 248 g/mol. The minimum Gasteiger partial charge on any atom is -0.396 e. The molecule has 3 fully saturated rings. The quantitative estimate of drug-likeness (QED) is 0.792. The Kier molecular flexibility index (Phi) is 3.96. The van der Waals surface area contributed by atoms with Crippen molar-refractivity contribution in [3.8, 4) is 0 Å². The van der Waals surface area contributed by atoms with Crippen molar-refractivity contribution in [3.63, 3.8) is 0 Å². The number of hydrogen-bond donors (Lipinski definition) is 1. The van der Waals surface area contributed by atoms with Crippen LogP contribution in [0.25, 0.3) is 0 Å². The molecule has 114 valence electrons. The SMILES string of the molecule is C[C@@H]1CCC2C(CCC3C2CCC[C@@]3(C)CO)CC1=O. The van der Waals surface area contributed by atoms with Crippen molar-refractivity contribution in [2.75, 3.05) is 6.61 Å². The lowest BCUT2D eigenvalue weighted by molar-refractivity contribution is -0.124. The summed E-state index contributed by atoms with van der Waals surface area (Å²) in [5, 5.41) is 9.87. The van der Waals surface area contributed by atoms with Crippen LogP contribution >= 0.6 is 0 Å². The van der Waals surface area contributed by atoms with Crippen molar-refractivity contribution < 1.29 is 9.90 Å². The Morgan fingerprint density at radius 2 is 1.95 bits per heavy atom. The maximum atomic E-state index is 12.2. The minimum absolute atomic E-state index is 0.149. The molecule has 1 N–H and O–H groups in total. The Hall–Kier alpha value is -0.370. The number of rotatable bonds is 1. The second-order valence-electron chi connectivity index (χ2n) is 8.12. The summed E-state index contributed by atoms with van der Waals surface area (Å²) in [5.74, 6) is 3.68. The highest BCUT2D eigenvalue weighted by atomic mass is 16.3. The van der Waals surface area contributed by atoms with Crippen molar-refractivity contribution in [1.82, 2.24) is 0 Å². The third kappa shape index (κ3) is 2.34. The monoisotopic (exact) mass is 278 g/mol. The number of Topliss-reactive ketones (excluding diaryl/α,β-unsaturated/α-hetero) is 1.